The standard InChI is InChI=1S/C30H35N5OS3/c1-29(2,3)39(36)33-26-20-34(15-13-30(26)17-21-9-5-6-10-22(21)18-30)28-32-19-25(27-31-14-16-35(27)28)38-24-12-8-7-11-23(24)37-4/h5-12,14,16,19,26,33H,13,15,17-18,20H2,1-4H3. The number of nitrogens with one attached hydrogen (secondary N) is 1. The summed E-state index contributed by atoms with van der Waals surface area (Å²) in [5, 5.41) is 0. The zero-order valence-electron chi connectivity index (χ0n) is 22.9. The van der Waals surface area contributed by atoms with Crippen molar-refractivity contribution in [2.75, 3.05) is 24.2 Å². The minimum absolute atomic E-state index is 0.0481. The van der Waals surface area contributed by atoms with Crippen LogP contribution >= 0.6 is 23.5 Å². The van der Waals surface area contributed by atoms with Gasteiger partial charge in [-0.15, -0.1) is 16.5 Å². The number of hydrogen-bond donors (Lipinski definition) is 1. The van der Waals surface area contributed by atoms with Gasteiger partial charge in [-0.05, 0) is 69.5 Å². The molecule has 1 saturated heterocycles. The predicted molar refractivity (Wildman–Crippen MR) is 163 cm³/mol. The summed E-state index contributed by atoms with van der Waals surface area (Å²) >= 11 is 2.30. The maximum Gasteiger partial charge on any atom is 0.211 e. The van der Waals surface area contributed by atoms with Crippen molar-refractivity contribution < 1.29 is 4.55 Å². The molecule has 2 aromatic carbocycles. The molecule has 1 spiro atoms. The fraction of sp³-hybridized carbons (Fsp3) is 0.400. The van der Waals surface area contributed by atoms with E-state index in [2.05, 4.69) is 68.8 Å². The summed E-state index contributed by atoms with van der Waals surface area (Å²) in [6.45, 7) is 7.76. The first-order valence-corrected chi connectivity index (χ1v) is 16.6. The van der Waals surface area contributed by atoms with Gasteiger partial charge >= 0.3 is 0 Å². The minimum atomic E-state index is -1.16. The van der Waals surface area contributed by atoms with Crippen LogP contribution in [0.3, 0.4) is 0 Å². The van der Waals surface area contributed by atoms with Crippen LogP contribution < -0.4 is 9.62 Å². The molecule has 6 rings (SSSR count). The van der Waals surface area contributed by atoms with Gasteiger partial charge in [0, 0.05) is 58.2 Å². The lowest BCUT2D eigenvalue weighted by Gasteiger charge is -2.46. The molecular formula is C30H35N5OS3. The Labute approximate surface area is 242 Å². The lowest BCUT2D eigenvalue weighted by molar-refractivity contribution is 0.179. The fourth-order valence-electron chi connectivity index (χ4n) is 5.84. The molecule has 0 amide bonds. The summed E-state index contributed by atoms with van der Waals surface area (Å²) in [5.41, 5.74) is 3.83. The van der Waals surface area contributed by atoms with E-state index in [0.717, 1.165) is 48.8 Å². The lowest BCUT2D eigenvalue weighted by atomic mass is 9.72. The van der Waals surface area contributed by atoms with Gasteiger partial charge in [0.15, 0.2) is 5.65 Å². The largest absolute Gasteiger partial charge is 0.598 e. The molecule has 204 valence electrons. The van der Waals surface area contributed by atoms with Crippen molar-refractivity contribution in [3.8, 4) is 0 Å². The van der Waals surface area contributed by atoms with Crippen LogP contribution in [0.4, 0.5) is 5.95 Å². The Balaban J connectivity index is 1.31. The van der Waals surface area contributed by atoms with Gasteiger partial charge in [0.1, 0.15) is 4.75 Å². The van der Waals surface area contributed by atoms with Gasteiger partial charge in [0.25, 0.3) is 0 Å². The molecule has 1 fully saturated rings. The van der Waals surface area contributed by atoms with Crippen molar-refractivity contribution in [1.29, 1.82) is 0 Å². The van der Waals surface area contributed by atoms with E-state index in [9.17, 15) is 4.55 Å². The molecule has 2 atom stereocenters. The zero-order valence-corrected chi connectivity index (χ0v) is 25.3. The molecule has 2 aliphatic rings. The van der Waals surface area contributed by atoms with Gasteiger partial charge in [-0.25, -0.2) is 9.97 Å². The molecule has 0 radical (unpaired) electrons. The summed E-state index contributed by atoms with van der Waals surface area (Å²) in [6.07, 6.45) is 11.0. The van der Waals surface area contributed by atoms with Gasteiger partial charge < -0.3 is 9.45 Å². The van der Waals surface area contributed by atoms with E-state index in [-0.39, 0.29) is 16.2 Å². The molecule has 1 aliphatic carbocycles. The summed E-state index contributed by atoms with van der Waals surface area (Å²) in [5.74, 6) is 0.892. The highest BCUT2D eigenvalue weighted by molar-refractivity contribution is 8.02. The Morgan fingerprint density at radius 1 is 1.00 bits per heavy atom. The number of imidazole rings is 1. The van der Waals surface area contributed by atoms with Crippen LogP contribution in [-0.4, -0.2) is 49.1 Å². The van der Waals surface area contributed by atoms with Crippen LogP contribution in [0, 0.1) is 5.41 Å². The minimum Gasteiger partial charge on any atom is -0.598 e. The average Bonchev–Trinajstić information content (AvgIpc) is 3.56. The third-order valence-corrected chi connectivity index (χ3v) is 11.6. The van der Waals surface area contributed by atoms with Gasteiger partial charge in [-0.1, -0.05) is 48.2 Å². The van der Waals surface area contributed by atoms with Gasteiger partial charge in [-0.3, -0.25) is 4.40 Å². The average molecular weight is 578 g/mol. The molecule has 0 saturated carbocycles. The highest BCUT2D eigenvalue weighted by Gasteiger charge is 2.50. The second-order valence-electron chi connectivity index (χ2n) is 11.5. The molecule has 3 heterocycles. The fourth-order valence-corrected chi connectivity index (χ4v) is 8.54. The number of piperidine rings is 1. The number of hydrogen-bond acceptors (Lipinski definition) is 7. The molecular weight excluding hydrogens is 543 g/mol. The third-order valence-electron chi connectivity index (χ3n) is 7.98. The van der Waals surface area contributed by atoms with Crippen molar-refractivity contribution in [2.45, 2.75) is 65.5 Å². The highest BCUT2D eigenvalue weighted by Crippen LogP contribution is 2.46. The van der Waals surface area contributed by atoms with Gasteiger partial charge in [-0.2, -0.15) is 0 Å². The summed E-state index contributed by atoms with van der Waals surface area (Å²) in [7, 11) is 0. The normalized spacial score (nSPS) is 19.5. The molecule has 0 bridgehead atoms. The van der Waals surface area contributed by atoms with Crippen LogP contribution in [0.2, 0.25) is 0 Å². The van der Waals surface area contributed by atoms with Crippen LogP contribution in [0.1, 0.15) is 38.3 Å². The Kier molecular flexibility index (Phi) is 7.39. The van der Waals surface area contributed by atoms with E-state index >= 15 is 0 Å². The Morgan fingerprint density at radius 2 is 1.69 bits per heavy atom. The van der Waals surface area contributed by atoms with Gasteiger partial charge in [0.05, 0.1) is 10.9 Å². The quantitative estimate of drug-likeness (QED) is 0.222. The van der Waals surface area contributed by atoms with Crippen molar-refractivity contribution in [1.82, 2.24) is 19.1 Å². The molecule has 4 aromatic rings. The van der Waals surface area contributed by atoms with Crippen molar-refractivity contribution in [3.63, 3.8) is 0 Å². The smallest absolute Gasteiger partial charge is 0.211 e. The van der Waals surface area contributed by atoms with E-state index in [1.165, 1.54) is 20.9 Å². The topological polar surface area (TPSA) is 68.5 Å². The number of benzene rings is 2. The number of fused-ring (bicyclic) bond motifs is 2. The predicted octanol–water partition coefficient (Wildman–Crippen LogP) is 6.02. The monoisotopic (exact) mass is 577 g/mol. The highest BCUT2D eigenvalue weighted by atomic mass is 32.2. The van der Waals surface area contributed by atoms with Crippen molar-refractivity contribution in [2.24, 2.45) is 5.41 Å². The van der Waals surface area contributed by atoms with Crippen LogP contribution in [-0.2, 0) is 24.2 Å². The Hall–Kier alpha value is -2.17. The van der Waals surface area contributed by atoms with E-state index in [0.29, 0.717) is 0 Å². The lowest BCUT2D eigenvalue weighted by Crippen LogP contribution is -2.61. The SMILES string of the molecule is CSc1ccccc1Sc1cnc(N2CCC3(Cc4ccccc4C3)C(N[S+]([O-])C(C)(C)C)C2)n2ccnc12. The van der Waals surface area contributed by atoms with Crippen LogP contribution in [0.15, 0.2) is 81.8 Å². The van der Waals surface area contributed by atoms with E-state index in [1.807, 2.05) is 39.4 Å². The van der Waals surface area contributed by atoms with Crippen LogP contribution in [0.5, 0.6) is 0 Å². The number of nitrogens with zero attached hydrogens (tertiary/aromatic N) is 4. The zero-order chi connectivity index (χ0) is 27.2. The van der Waals surface area contributed by atoms with Crippen LogP contribution in [0.25, 0.3) is 5.65 Å². The first kappa shape index (κ1) is 27.0. The molecule has 1 aliphatic heterocycles. The number of anilines is 1. The Bertz CT molecular complexity index is 1460. The molecule has 1 N–H and O–H groups in total. The molecule has 6 nitrogen and oxygen atoms in total. The maximum atomic E-state index is 13.4. The van der Waals surface area contributed by atoms with Crippen molar-refractivity contribution >= 4 is 46.5 Å². The molecule has 2 aromatic heterocycles. The first-order valence-electron chi connectivity index (χ1n) is 13.4. The number of thioether (sulfide) groups is 1. The Morgan fingerprint density at radius 3 is 2.38 bits per heavy atom. The maximum absolute atomic E-state index is 13.4. The second kappa shape index (κ2) is 10.7. The number of aromatic nitrogens is 3. The summed E-state index contributed by atoms with van der Waals surface area (Å²) in [6, 6.07) is 17.3. The van der Waals surface area contributed by atoms with E-state index in [1.54, 1.807) is 23.5 Å². The molecule has 2 unspecified atom stereocenters. The summed E-state index contributed by atoms with van der Waals surface area (Å²) < 4.78 is 18.8. The van der Waals surface area contributed by atoms with E-state index < -0.39 is 11.4 Å². The molecule has 39 heavy (non-hydrogen) atoms. The summed E-state index contributed by atoms with van der Waals surface area (Å²) in [4.78, 5) is 15.6. The third kappa shape index (κ3) is 5.20. The van der Waals surface area contributed by atoms with Gasteiger partial charge in [0.2, 0.25) is 5.95 Å². The van der Waals surface area contributed by atoms with Crippen molar-refractivity contribution in [3.05, 3.63) is 78.2 Å². The molecule has 9 heteroatoms. The number of rotatable bonds is 6. The first-order chi connectivity index (χ1) is 18.8. The van der Waals surface area contributed by atoms with E-state index in [4.69, 9.17) is 9.97 Å². The second-order valence-corrected chi connectivity index (χ2v) is 15.5.